The summed E-state index contributed by atoms with van der Waals surface area (Å²) in [5.41, 5.74) is 1.25. The van der Waals surface area contributed by atoms with E-state index in [0.29, 0.717) is 28.5 Å². The number of carbonyl (C=O) groups is 2. The monoisotopic (exact) mass is 373 g/mol. The molecule has 0 unspecified atom stereocenters. The van der Waals surface area contributed by atoms with Gasteiger partial charge in [-0.05, 0) is 5.56 Å². The number of amides is 3. The van der Waals surface area contributed by atoms with Gasteiger partial charge in [0.05, 0.1) is 21.3 Å². The summed E-state index contributed by atoms with van der Waals surface area (Å²) in [5, 5.41) is 7.77. The summed E-state index contributed by atoms with van der Waals surface area (Å²) < 4.78 is 16.0. The van der Waals surface area contributed by atoms with Gasteiger partial charge in [-0.25, -0.2) is 4.79 Å². The van der Waals surface area contributed by atoms with Crippen molar-refractivity contribution in [3.8, 4) is 17.2 Å². The second kappa shape index (κ2) is 9.33. The number of benzene rings is 2. The molecule has 2 rings (SSSR count). The molecule has 3 amide bonds. The van der Waals surface area contributed by atoms with Crippen molar-refractivity contribution in [2.45, 2.75) is 6.04 Å². The Bertz CT molecular complexity index is 770. The number of carbonyl (C=O) groups excluding carboxylic acids is 2. The third-order valence-electron chi connectivity index (χ3n) is 3.83. The van der Waals surface area contributed by atoms with Crippen molar-refractivity contribution in [1.82, 2.24) is 10.6 Å². The summed E-state index contributed by atoms with van der Waals surface area (Å²) in [6.07, 6.45) is 0. The summed E-state index contributed by atoms with van der Waals surface area (Å²) >= 11 is 0. The first-order valence-corrected chi connectivity index (χ1v) is 8.18. The molecule has 1 atom stereocenters. The highest BCUT2D eigenvalue weighted by Crippen LogP contribution is 2.40. The molecule has 0 saturated heterocycles. The molecule has 0 aromatic heterocycles. The molecule has 0 aliphatic rings. The average Bonchev–Trinajstić information content (AvgIpc) is 2.71. The average molecular weight is 373 g/mol. The molecule has 8 nitrogen and oxygen atoms in total. The number of ether oxygens (including phenoxy) is 3. The molecule has 0 saturated carbocycles. The molecule has 3 N–H and O–H groups in total. The Morgan fingerprint density at radius 3 is 2.00 bits per heavy atom. The van der Waals surface area contributed by atoms with Crippen LogP contribution in [0.1, 0.15) is 11.6 Å². The first-order chi connectivity index (χ1) is 13.0. The quantitative estimate of drug-likeness (QED) is 0.689. The van der Waals surface area contributed by atoms with Crippen LogP contribution in [0.5, 0.6) is 17.2 Å². The number of hydrogen-bond donors (Lipinski definition) is 3. The third kappa shape index (κ3) is 4.81. The summed E-state index contributed by atoms with van der Waals surface area (Å²) in [6.45, 7) is 0. The van der Waals surface area contributed by atoms with Gasteiger partial charge in [-0.15, -0.1) is 0 Å². The first kappa shape index (κ1) is 19.9. The highest BCUT2D eigenvalue weighted by atomic mass is 16.5. The SMILES string of the molecule is CNC(=O)NC(=O)[C@@H](Nc1cc(OC)c(OC)c(OC)c1)c1ccccc1. The molecule has 0 fully saturated rings. The van der Waals surface area contributed by atoms with Crippen molar-refractivity contribution in [2.75, 3.05) is 33.7 Å². The number of anilines is 1. The zero-order chi connectivity index (χ0) is 19.8. The Balaban J connectivity index is 2.40. The molecule has 0 aliphatic heterocycles. The molecule has 0 spiro atoms. The molecule has 2 aromatic rings. The van der Waals surface area contributed by atoms with Gasteiger partial charge in [-0.3, -0.25) is 10.1 Å². The van der Waals surface area contributed by atoms with Crippen molar-refractivity contribution in [2.24, 2.45) is 0 Å². The molecular formula is C19H23N3O5. The van der Waals surface area contributed by atoms with Crippen LogP contribution in [0.2, 0.25) is 0 Å². The Morgan fingerprint density at radius 2 is 1.52 bits per heavy atom. The van der Waals surface area contributed by atoms with Gasteiger partial charge < -0.3 is 24.8 Å². The molecule has 144 valence electrons. The van der Waals surface area contributed by atoms with E-state index >= 15 is 0 Å². The van der Waals surface area contributed by atoms with Crippen LogP contribution < -0.4 is 30.2 Å². The number of methoxy groups -OCH3 is 3. The van der Waals surface area contributed by atoms with E-state index in [2.05, 4.69) is 16.0 Å². The minimum absolute atomic E-state index is 0.441. The molecule has 27 heavy (non-hydrogen) atoms. The van der Waals surface area contributed by atoms with E-state index in [4.69, 9.17) is 14.2 Å². The van der Waals surface area contributed by atoms with E-state index in [1.165, 1.54) is 28.4 Å². The number of rotatable bonds is 7. The number of imide groups is 1. The van der Waals surface area contributed by atoms with Crippen LogP contribution in [0.3, 0.4) is 0 Å². The minimum atomic E-state index is -0.814. The standard InChI is InChI=1S/C19H23N3O5/c1-20-19(24)22-18(23)16(12-8-6-5-7-9-12)21-13-10-14(25-2)17(27-4)15(11-13)26-3/h5-11,16,21H,1-4H3,(H2,20,22,23,24)/t16-/m0/s1. The molecular weight excluding hydrogens is 350 g/mol. The fourth-order valence-electron chi connectivity index (χ4n) is 2.52. The second-order valence-corrected chi connectivity index (χ2v) is 5.47. The van der Waals surface area contributed by atoms with Gasteiger partial charge in [0.15, 0.2) is 11.5 Å². The van der Waals surface area contributed by atoms with E-state index < -0.39 is 18.0 Å². The Kier molecular flexibility index (Phi) is 6.87. The fourth-order valence-corrected chi connectivity index (χ4v) is 2.52. The molecule has 0 heterocycles. The largest absolute Gasteiger partial charge is 0.493 e. The highest BCUT2D eigenvalue weighted by Gasteiger charge is 2.23. The first-order valence-electron chi connectivity index (χ1n) is 8.18. The lowest BCUT2D eigenvalue weighted by molar-refractivity contribution is -0.120. The maximum atomic E-state index is 12.6. The van der Waals surface area contributed by atoms with Gasteiger partial charge in [0, 0.05) is 24.9 Å². The van der Waals surface area contributed by atoms with E-state index in [1.54, 1.807) is 24.3 Å². The predicted molar refractivity (Wildman–Crippen MR) is 102 cm³/mol. The summed E-state index contributed by atoms with van der Waals surface area (Å²) in [5.74, 6) is 0.821. The zero-order valence-corrected chi connectivity index (χ0v) is 15.7. The van der Waals surface area contributed by atoms with Crippen molar-refractivity contribution in [3.63, 3.8) is 0 Å². The topological polar surface area (TPSA) is 97.9 Å². The van der Waals surface area contributed by atoms with Crippen LogP contribution in [0.15, 0.2) is 42.5 Å². The van der Waals surface area contributed by atoms with E-state index in [9.17, 15) is 9.59 Å². The third-order valence-corrected chi connectivity index (χ3v) is 3.83. The zero-order valence-electron chi connectivity index (χ0n) is 15.7. The van der Waals surface area contributed by atoms with Crippen LogP contribution >= 0.6 is 0 Å². The maximum Gasteiger partial charge on any atom is 0.321 e. The smallest absolute Gasteiger partial charge is 0.321 e. The fraction of sp³-hybridized carbons (Fsp3) is 0.263. The minimum Gasteiger partial charge on any atom is -0.493 e. The van der Waals surface area contributed by atoms with Gasteiger partial charge in [0.2, 0.25) is 5.75 Å². The van der Waals surface area contributed by atoms with Crippen molar-refractivity contribution in [3.05, 3.63) is 48.0 Å². The Hall–Kier alpha value is -3.42. The van der Waals surface area contributed by atoms with E-state index in [0.717, 1.165) is 0 Å². The van der Waals surface area contributed by atoms with Crippen LogP contribution in [0.25, 0.3) is 0 Å². The Labute approximate surface area is 157 Å². The lowest BCUT2D eigenvalue weighted by Gasteiger charge is -2.21. The highest BCUT2D eigenvalue weighted by molar-refractivity contribution is 5.98. The predicted octanol–water partition coefficient (Wildman–Crippen LogP) is 2.32. The maximum absolute atomic E-state index is 12.6. The van der Waals surface area contributed by atoms with Crippen LogP contribution in [-0.2, 0) is 4.79 Å². The molecule has 0 bridgehead atoms. The summed E-state index contributed by atoms with van der Waals surface area (Å²) in [4.78, 5) is 24.2. The molecule has 0 radical (unpaired) electrons. The second-order valence-electron chi connectivity index (χ2n) is 5.47. The van der Waals surface area contributed by atoms with E-state index in [-0.39, 0.29) is 0 Å². The normalized spacial score (nSPS) is 11.1. The van der Waals surface area contributed by atoms with Gasteiger partial charge in [0.25, 0.3) is 5.91 Å². The van der Waals surface area contributed by atoms with Crippen molar-refractivity contribution in [1.29, 1.82) is 0 Å². The number of urea groups is 1. The van der Waals surface area contributed by atoms with Crippen molar-refractivity contribution >= 4 is 17.6 Å². The van der Waals surface area contributed by atoms with E-state index in [1.807, 2.05) is 18.2 Å². The molecule has 8 heteroatoms. The van der Waals surface area contributed by atoms with Gasteiger partial charge in [0.1, 0.15) is 6.04 Å². The van der Waals surface area contributed by atoms with Gasteiger partial charge >= 0.3 is 6.03 Å². The van der Waals surface area contributed by atoms with Crippen LogP contribution in [0.4, 0.5) is 10.5 Å². The van der Waals surface area contributed by atoms with Crippen LogP contribution in [0, 0.1) is 0 Å². The van der Waals surface area contributed by atoms with Gasteiger partial charge in [-0.1, -0.05) is 30.3 Å². The summed E-state index contributed by atoms with van der Waals surface area (Å²) in [6, 6.07) is 11.0. The molecule has 2 aromatic carbocycles. The van der Waals surface area contributed by atoms with Gasteiger partial charge in [-0.2, -0.15) is 0 Å². The Morgan fingerprint density at radius 1 is 0.926 bits per heavy atom. The number of nitrogens with one attached hydrogen (secondary N) is 3. The summed E-state index contributed by atoms with van der Waals surface area (Å²) in [7, 11) is 5.96. The lowest BCUT2D eigenvalue weighted by atomic mass is 10.1. The van der Waals surface area contributed by atoms with Crippen molar-refractivity contribution < 1.29 is 23.8 Å². The molecule has 0 aliphatic carbocycles. The lowest BCUT2D eigenvalue weighted by Crippen LogP contribution is -2.42. The number of hydrogen-bond acceptors (Lipinski definition) is 6. The van der Waals surface area contributed by atoms with Crippen LogP contribution in [-0.4, -0.2) is 40.3 Å².